The zero-order valence-electron chi connectivity index (χ0n) is 14.7. The lowest BCUT2D eigenvalue weighted by Crippen LogP contribution is -2.25. The Bertz CT molecular complexity index is 612. The monoisotopic (exact) mass is 341 g/mol. The molecule has 0 unspecified atom stereocenters. The molecule has 24 heavy (non-hydrogen) atoms. The van der Waals surface area contributed by atoms with Crippen molar-refractivity contribution >= 4 is 29.7 Å². The van der Waals surface area contributed by atoms with Gasteiger partial charge in [0, 0.05) is 23.7 Å². The molecule has 2 aromatic carbocycles. The van der Waals surface area contributed by atoms with Gasteiger partial charge in [-0.3, -0.25) is 0 Å². The summed E-state index contributed by atoms with van der Waals surface area (Å²) in [7, 11) is 0. The van der Waals surface area contributed by atoms with E-state index in [0.717, 1.165) is 29.4 Å². The third-order valence-corrected chi connectivity index (χ3v) is 4.21. The van der Waals surface area contributed by atoms with E-state index in [0.29, 0.717) is 0 Å². The molecule has 0 saturated carbocycles. The van der Waals surface area contributed by atoms with Gasteiger partial charge in [0.15, 0.2) is 0 Å². The van der Waals surface area contributed by atoms with Gasteiger partial charge < -0.3 is 4.90 Å². The third-order valence-electron chi connectivity index (χ3n) is 3.91. The summed E-state index contributed by atoms with van der Waals surface area (Å²) in [6.45, 7) is 6.71. The Kier molecular flexibility index (Phi) is 7.83. The first-order valence-electron chi connectivity index (χ1n) is 8.78. The molecule has 0 N–H and O–H groups in total. The molecule has 4 heteroatoms. The van der Waals surface area contributed by atoms with Crippen LogP contribution in [0.5, 0.6) is 0 Å². The zero-order chi connectivity index (χ0) is 17.2. The van der Waals surface area contributed by atoms with Gasteiger partial charge >= 0.3 is 0 Å². The molecular formula is C20H27N3S. The van der Waals surface area contributed by atoms with E-state index in [1.54, 1.807) is 0 Å². The highest BCUT2D eigenvalue weighted by molar-refractivity contribution is 7.80. The van der Waals surface area contributed by atoms with Crippen molar-refractivity contribution in [1.29, 1.82) is 0 Å². The lowest BCUT2D eigenvalue weighted by Gasteiger charge is -2.24. The molecule has 0 fully saturated rings. The second-order valence-corrected chi connectivity index (χ2v) is 6.44. The second kappa shape index (κ2) is 10.1. The van der Waals surface area contributed by atoms with Gasteiger partial charge in [0.2, 0.25) is 0 Å². The molecule has 0 aliphatic heterocycles. The van der Waals surface area contributed by atoms with E-state index in [4.69, 9.17) is 0 Å². The molecule has 0 radical (unpaired) electrons. The molecule has 0 heterocycles. The third kappa shape index (κ3) is 6.00. The van der Waals surface area contributed by atoms with E-state index in [9.17, 15) is 0 Å². The summed E-state index contributed by atoms with van der Waals surface area (Å²) in [4.78, 5) is 3.40. The molecule has 0 aromatic heterocycles. The molecule has 0 amide bonds. The van der Waals surface area contributed by atoms with Crippen LogP contribution in [0.15, 0.2) is 63.7 Å². The Labute approximate surface area is 151 Å². The first-order valence-corrected chi connectivity index (χ1v) is 9.23. The number of hydrogen-bond donors (Lipinski definition) is 1. The molecule has 0 atom stereocenters. The fourth-order valence-corrected chi connectivity index (χ4v) is 2.58. The predicted molar refractivity (Wildman–Crippen MR) is 106 cm³/mol. The van der Waals surface area contributed by atoms with E-state index < -0.39 is 0 Å². The highest BCUT2D eigenvalue weighted by atomic mass is 32.1. The van der Waals surface area contributed by atoms with Gasteiger partial charge in [0.1, 0.15) is 0 Å². The van der Waals surface area contributed by atoms with Crippen molar-refractivity contribution in [3.05, 3.63) is 48.5 Å². The second-order valence-electron chi connectivity index (χ2n) is 5.93. The summed E-state index contributed by atoms with van der Waals surface area (Å²) in [6.07, 6.45) is 4.90. The van der Waals surface area contributed by atoms with Crippen LogP contribution in [0, 0.1) is 0 Å². The number of thiol groups is 1. The molecule has 2 rings (SSSR count). The Morgan fingerprint density at radius 1 is 0.750 bits per heavy atom. The predicted octanol–water partition coefficient (Wildman–Crippen LogP) is 6.80. The number of azo groups is 1. The normalized spacial score (nSPS) is 11.1. The summed E-state index contributed by atoms with van der Waals surface area (Å²) in [5, 5.41) is 8.58. The quantitative estimate of drug-likeness (QED) is 0.394. The van der Waals surface area contributed by atoms with E-state index in [2.05, 4.69) is 53.7 Å². The van der Waals surface area contributed by atoms with Gasteiger partial charge in [-0.15, -0.1) is 12.6 Å². The van der Waals surface area contributed by atoms with Crippen molar-refractivity contribution < 1.29 is 0 Å². The van der Waals surface area contributed by atoms with E-state index in [1.165, 1.54) is 31.4 Å². The van der Waals surface area contributed by atoms with Crippen molar-refractivity contribution in [2.24, 2.45) is 10.2 Å². The molecule has 0 bridgehead atoms. The van der Waals surface area contributed by atoms with Crippen LogP contribution in [0.3, 0.4) is 0 Å². The topological polar surface area (TPSA) is 28.0 Å². The first-order chi connectivity index (χ1) is 11.7. The van der Waals surface area contributed by atoms with Crippen LogP contribution in [0.4, 0.5) is 17.1 Å². The standard InChI is InChI=1S/C20H27N3S/c1-3-5-15-23(16-6-4-2)19-11-7-17(8-12-19)21-22-18-9-13-20(24)14-10-18/h7-14,24H,3-6,15-16H2,1-2H3/b22-21+. The molecule has 3 nitrogen and oxygen atoms in total. The molecular weight excluding hydrogens is 314 g/mol. The van der Waals surface area contributed by atoms with Gasteiger partial charge in [0.05, 0.1) is 11.4 Å². The summed E-state index contributed by atoms with van der Waals surface area (Å²) in [5.74, 6) is 0. The van der Waals surface area contributed by atoms with Gasteiger partial charge in [-0.1, -0.05) is 26.7 Å². The fraction of sp³-hybridized carbons (Fsp3) is 0.400. The van der Waals surface area contributed by atoms with E-state index >= 15 is 0 Å². The summed E-state index contributed by atoms with van der Waals surface area (Å²) >= 11 is 4.27. The van der Waals surface area contributed by atoms with Gasteiger partial charge in [0.25, 0.3) is 0 Å². The number of nitrogens with zero attached hydrogens (tertiary/aromatic N) is 3. The largest absolute Gasteiger partial charge is 0.372 e. The van der Waals surface area contributed by atoms with Gasteiger partial charge in [-0.05, 0) is 61.4 Å². The van der Waals surface area contributed by atoms with Crippen molar-refractivity contribution in [1.82, 2.24) is 0 Å². The van der Waals surface area contributed by atoms with Crippen molar-refractivity contribution in [3.63, 3.8) is 0 Å². The van der Waals surface area contributed by atoms with Crippen LogP contribution in [-0.2, 0) is 0 Å². The summed E-state index contributed by atoms with van der Waals surface area (Å²) < 4.78 is 0. The van der Waals surface area contributed by atoms with Crippen LogP contribution in [0.2, 0.25) is 0 Å². The molecule has 0 aliphatic carbocycles. The number of unbranched alkanes of at least 4 members (excludes halogenated alkanes) is 2. The Morgan fingerprint density at radius 3 is 1.67 bits per heavy atom. The molecule has 2 aromatic rings. The Morgan fingerprint density at radius 2 is 1.21 bits per heavy atom. The Balaban J connectivity index is 2.03. The van der Waals surface area contributed by atoms with Crippen LogP contribution in [0.1, 0.15) is 39.5 Å². The highest BCUT2D eigenvalue weighted by Crippen LogP contribution is 2.23. The van der Waals surface area contributed by atoms with Crippen LogP contribution < -0.4 is 4.90 Å². The number of rotatable bonds is 9. The molecule has 0 spiro atoms. The lowest BCUT2D eigenvalue weighted by atomic mass is 10.2. The van der Waals surface area contributed by atoms with Crippen molar-refractivity contribution in [2.75, 3.05) is 18.0 Å². The summed E-state index contributed by atoms with van der Waals surface area (Å²) in [5.41, 5.74) is 2.99. The maximum absolute atomic E-state index is 4.31. The van der Waals surface area contributed by atoms with Crippen molar-refractivity contribution in [3.8, 4) is 0 Å². The minimum Gasteiger partial charge on any atom is -0.372 e. The van der Waals surface area contributed by atoms with Crippen LogP contribution in [0.25, 0.3) is 0 Å². The molecule has 128 valence electrons. The summed E-state index contributed by atoms with van der Waals surface area (Å²) in [6, 6.07) is 16.0. The first kappa shape index (κ1) is 18.5. The smallest absolute Gasteiger partial charge is 0.0858 e. The maximum atomic E-state index is 4.31. The number of anilines is 1. The maximum Gasteiger partial charge on any atom is 0.0858 e. The molecule has 0 aliphatic rings. The van der Waals surface area contributed by atoms with Crippen LogP contribution in [-0.4, -0.2) is 13.1 Å². The zero-order valence-corrected chi connectivity index (χ0v) is 15.5. The van der Waals surface area contributed by atoms with Crippen LogP contribution >= 0.6 is 12.6 Å². The number of benzene rings is 2. The number of hydrogen-bond acceptors (Lipinski definition) is 4. The fourth-order valence-electron chi connectivity index (χ4n) is 2.43. The van der Waals surface area contributed by atoms with Crippen molar-refractivity contribution in [2.45, 2.75) is 44.4 Å². The minimum absolute atomic E-state index is 0.837. The van der Waals surface area contributed by atoms with E-state index in [-0.39, 0.29) is 0 Å². The molecule has 0 saturated heterocycles. The van der Waals surface area contributed by atoms with Gasteiger partial charge in [-0.25, -0.2) is 0 Å². The minimum atomic E-state index is 0.837. The SMILES string of the molecule is CCCCN(CCCC)c1ccc(/N=N/c2ccc(S)cc2)cc1. The average molecular weight is 342 g/mol. The highest BCUT2D eigenvalue weighted by Gasteiger charge is 2.05. The van der Waals surface area contributed by atoms with E-state index in [1.807, 2.05) is 36.4 Å². The lowest BCUT2D eigenvalue weighted by molar-refractivity contribution is 0.678. The Hall–Kier alpha value is -1.81. The van der Waals surface area contributed by atoms with Gasteiger partial charge in [-0.2, -0.15) is 10.2 Å². The average Bonchev–Trinajstić information content (AvgIpc) is 2.62.